The maximum atomic E-state index is 14.4. The maximum absolute atomic E-state index is 14.4. The maximum Gasteiger partial charge on any atom is 0.271 e. The second-order valence-electron chi connectivity index (χ2n) is 12.1. The fraction of sp³-hybridized carbons (Fsp3) is 0.150. The van der Waals surface area contributed by atoms with E-state index < -0.39 is 6.04 Å². The molecule has 0 radical (unpaired) electrons. The number of hydrogen-bond acceptors (Lipinski definition) is 6. The molecule has 0 spiro atoms. The summed E-state index contributed by atoms with van der Waals surface area (Å²) in [6, 6.07) is 30.5. The molecule has 7 rings (SSSR count). The summed E-state index contributed by atoms with van der Waals surface area (Å²) in [5.41, 5.74) is 7.63. The van der Waals surface area contributed by atoms with E-state index in [9.17, 15) is 14.9 Å². The average Bonchev–Trinajstić information content (AvgIpc) is 3.61. The molecule has 0 saturated carbocycles. The van der Waals surface area contributed by atoms with Crippen molar-refractivity contribution in [3.8, 4) is 11.8 Å². The molecule has 0 fully saturated rings. The summed E-state index contributed by atoms with van der Waals surface area (Å²) in [5, 5.41) is 13.7. The molecule has 9 heteroatoms. The van der Waals surface area contributed by atoms with Crippen LogP contribution in [0.4, 0.5) is 5.69 Å². The molecule has 0 saturated heterocycles. The molecule has 1 aliphatic rings. The van der Waals surface area contributed by atoms with Crippen LogP contribution in [0.1, 0.15) is 46.3 Å². The summed E-state index contributed by atoms with van der Waals surface area (Å²) in [7, 11) is 1.60. The first-order valence-corrected chi connectivity index (χ1v) is 16.7. The number of nitrogens with zero attached hydrogens (tertiary/aromatic N) is 4. The van der Waals surface area contributed by atoms with Gasteiger partial charge in [0.2, 0.25) is 0 Å². The van der Waals surface area contributed by atoms with Crippen LogP contribution < -0.4 is 24.9 Å². The van der Waals surface area contributed by atoms with E-state index in [1.807, 2.05) is 124 Å². The lowest BCUT2D eigenvalue weighted by Crippen LogP contribution is -2.40. The summed E-state index contributed by atoms with van der Waals surface area (Å²) in [4.78, 5) is 33.9. The van der Waals surface area contributed by atoms with Gasteiger partial charge >= 0.3 is 0 Å². The molecule has 6 aromatic rings. The second kappa shape index (κ2) is 12.9. The third kappa shape index (κ3) is 5.88. The number of nitrogens with one attached hydrogen (secondary N) is 1. The number of rotatable bonds is 7. The molecule has 1 amide bonds. The van der Waals surface area contributed by atoms with Gasteiger partial charge in [0.05, 0.1) is 40.6 Å². The highest BCUT2D eigenvalue weighted by Crippen LogP contribution is 2.32. The minimum atomic E-state index is -0.709. The Morgan fingerprint density at radius 1 is 1.02 bits per heavy atom. The van der Waals surface area contributed by atoms with Gasteiger partial charge in [0, 0.05) is 34.9 Å². The third-order valence-corrected chi connectivity index (χ3v) is 9.90. The van der Waals surface area contributed by atoms with Gasteiger partial charge in [0.1, 0.15) is 5.75 Å². The Labute approximate surface area is 287 Å². The molecule has 1 N–H and O–H groups in total. The van der Waals surface area contributed by atoms with Gasteiger partial charge in [-0.3, -0.25) is 14.2 Å². The van der Waals surface area contributed by atoms with E-state index >= 15 is 0 Å². The number of aryl methyl sites for hydroxylation is 2. The number of fused-ring (bicyclic) bond motifs is 2. The summed E-state index contributed by atoms with van der Waals surface area (Å²) < 4.78 is 9.64. The molecular formula is C40H33N5O3S. The Hall–Kier alpha value is -5.98. The summed E-state index contributed by atoms with van der Waals surface area (Å²) >= 11 is 1.30. The number of aromatic nitrogens is 2. The molecule has 3 heterocycles. The molecule has 2 aromatic heterocycles. The molecule has 1 atom stereocenters. The fourth-order valence-corrected chi connectivity index (χ4v) is 7.51. The Morgan fingerprint density at radius 2 is 1.78 bits per heavy atom. The van der Waals surface area contributed by atoms with E-state index in [0.29, 0.717) is 44.1 Å². The normalized spacial score (nSPS) is 14.3. The SMILES string of the molecule is COc1ccc([C@H]2C(C(=O)Nc3ccc(C)cc3C)=C(C)N=c3s/c(=C/c4cn(Cc5ccccc5C#N)c5ccccc45)c(=O)n32)cc1. The molecule has 49 heavy (non-hydrogen) atoms. The number of thiazole rings is 1. The zero-order chi connectivity index (χ0) is 34.2. The van der Waals surface area contributed by atoms with Crippen molar-refractivity contribution in [2.75, 3.05) is 12.4 Å². The zero-order valence-corrected chi connectivity index (χ0v) is 28.3. The molecule has 242 valence electrons. The first-order chi connectivity index (χ1) is 23.7. The zero-order valence-electron chi connectivity index (χ0n) is 27.5. The number of para-hydroxylation sites is 1. The number of nitriles is 1. The lowest BCUT2D eigenvalue weighted by molar-refractivity contribution is -0.113. The van der Waals surface area contributed by atoms with Crippen LogP contribution in [0, 0.1) is 25.2 Å². The second-order valence-corrected chi connectivity index (χ2v) is 13.1. The lowest BCUT2D eigenvalue weighted by atomic mass is 9.95. The Kier molecular flexibility index (Phi) is 8.33. The van der Waals surface area contributed by atoms with Gasteiger partial charge in [-0.15, -0.1) is 0 Å². The van der Waals surface area contributed by atoms with Crippen LogP contribution in [0.3, 0.4) is 0 Å². The van der Waals surface area contributed by atoms with Crippen LogP contribution in [0.15, 0.2) is 118 Å². The van der Waals surface area contributed by atoms with Gasteiger partial charge in [-0.25, -0.2) is 4.99 Å². The molecule has 0 unspecified atom stereocenters. The predicted molar refractivity (Wildman–Crippen MR) is 194 cm³/mol. The molecule has 0 bridgehead atoms. The Bertz CT molecular complexity index is 2530. The van der Waals surface area contributed by atoms with Crippen LogP contribution in [0.25, 0.3) is 17.0 Å². The first kappa shape index (κ1) is 31.6. The van der Waals surface area contributed by atoms with Crippen molar-refractivity contribution in [2.24, 2.45) is 4.99 Å². The fourth-order valence-electron chi connectivity index (χ4n) is 6.47. The summed E-state index contributed by atoms with van der Waals surface area (Å²) in [5.74, 6) is 0.357. The number of ether oxygens (including phenoxy) is 1. The van der Waals surface area contributed by atoms with Crippen LogP contribution in [-0.2, 0) is 11.3 Å². The van der Waals surface area contributed by atoms with E-state index in [4.69, 9.17) is 9.73 Å². The van der Waals surface area contributed by atoms with Gasteiger partial charge in [0.15, 0.2) is 4.80 Å². The number of amides is 1. The summed E-state index contributed by atoms with van der Waals surface area (Å²) in [6.07, 6.45) is 3.92. The predicted octanol–water partition coefficient (Wildman–Crippen LogP) is 6.37. The largest absolute Gasteiger partial charge is 0.497 e. The minimum absolute atomic E-state index is 0.236. The molecule has 1 aliphatic heterocycles. The van der Waals surface area contributed by atoms with Crippen molar-refractivity contribution in [3.63, 3.8) is 0 Å². The Balaban J connectivity index is 1.36. The quantitative estimate of drug-likeness (QED) is 0.214. The highest BCUT2D eigenvalue weighted by Gasteiger charge is 2.33. The van der Waals surface area contributed by atoms with Gasteiger partial charge < -0.3 is 14.6 Å². The van der Waals surface area contributed by atoms with E-state index in [0.717, 1.165) is 38.7 Å². The lowest BCUT2D eigenvalue weighted by Gasteiger charge is -2.25. The van der Waals surface area contributed by atoms with Gasteiger partial charge in [-0.2, -0.15) is 5.26 Å². The van der Waals surface area contributed by atoms with E-state index in [1.54, 1.807) is 11.7 Å². The standard InChI is InChI=1S/C40H33N5O3S/c1-24-13-18-33(25(2)19-24)43-38(46)36-26(3)42-40-45(37(36)27-14-16-31(48-4)17-15-27)39(47)35(49-40)20-30-23-44(34-12-8-7-11-32(30)34)22-29-10-6-5-9-28(29)21-41/h5-20,23,37H,22H2,1-4H3,(H,43,46)/b35-20+/t37-/m0/s1. The third-order valence-electron chi connectivity index (χ3n) is 8.91. The minimum Gasteiger partial charge on any atom is -0.497 e. The van der Waals surface area contributed by atoms with Crippen LogP contribution >= 0.6 is 11.3 Å². The van der Waals surface area contributed by atoms with E-state index in [1.165, 1.54) is 11.3 Å². The number of benzene rings is 4. The van der Waals surface area contributed by atoms with Crippen molar-refractivity contribution in [1.82, 2.24) is 9.13 Å². The van der Waals surface area contributed by atoms with Gasteiger partial charge in [-0.05, 0) is 73.9 Å². The highest BCUT2D eigenvalue weighted by atomic mass is 32.1. The Morgan fingerprint density at radius 3 is 2.53 bits per heavy atom. The van der Waals surface area contributed by atoms with Gasteiger partial charge in [0.25, 0.3) is 11.5 Å². The first-order valence-electron chi connectivity index (χ1n) is 15.9. The number of anilines is 1. The molecule has 8 nitrogen and oxygen atoms in total. The van der Waals surface area contributed by atoms with Crippen molar-refractivity contribution in [2.45, 2.75) is 33.4 Å². The number of carbonyl (C=O) groups excluding carboxylic acids is 1. The highest BCUT2D eigenvalue weighted by molar-refractivity contribution is 7.07. The topological polar surface area (TPSA) is 101 Å². The van der Waals surface area contributed by atoms with Crippen LogP contribution in [-0.4, -0.2) is 22.2 Å². The number of allylic oxidation sites excluding steroid dienone is 1. The van der Waals surface area contributed by atoms with E-state index in [2.05, 4.69) is 16.0 Å². The van der Waals surface area contributed by atoms with Crippen LogP contribution in [0.2, 0.25) is 0 Å². The van der Waals surface area contributed by atoms with Crippen molar-refractivity contribution in [3.05, 3.63) is 162 Å². The molecule has 4 aromatic carbocycles. The number of hydrogen-bond donors (Lipinski definition) is 1. The molecular weight excluding hydrogens is 631 g/mol. The summed E-state index contributed by atoms with van der Waals surface area (Å²) in [6.45, 7) is 6.29. The monoisotopic (exact) mass is 663 g/mol. The van der Waals surface area contributed by atoms with Crippen molar-refractivity contribution >= 4 is 39.9 Å². The van der Waals surface area contributed by atoms with Crippen LogP contribution in [0.5, 0.6) is 5.75 Å². The average molecular weight is 664 g/mol. The number of methoxy groups -OCH3 is 1. The molecule has 0 aliphatic carbocycles. The smallest absolute Gasteiger partial charge is 0.271 e. The van der Waals surface area contributed by atoms with Gasteiger partial charge in [-0.1, -0.05) is 77.6 Å². The van der Waals surface area contributed by atoms with Crippen molar-refractivity contribution in [1.29, 1.82) is 5.26 Å². The van der Waals surface area contributed by atoms with E-state index in [-0.39, 0.29) is 11.5 Å². The number of carbonyl (C=O) groups is 1. The van der Waals surface area contributed by atoms with Crippen molar-refractivity contribution < 1.29 is 9.53 Å².